The summed E-state index contributed by atoms with van der Waals surface area (Å²) in [5, 5.41) is 2.48. The van der Waals surface area contributed by atoms with Crippen molar-refractivity contribution in [1.82, 2.24) is 0 Å². The lowest BCUT2D eigenvalue weighted by atomic mass is 10.1. The van der Waals surface area contributed by atoms with E-state index in [1.165, 1.54) is 36.4 Å². The van der Waals surface area contributed by atoms with Crippen molar-refractivity contribution in [1.29, 1.82) is 0 Å². The predicted octanol–water partition coefficient (Wildman–Crippen LogP) is 3.77. The van der Waals surface area contributed by atoms with Crippen LogP contribution in [0.5, 0.6) is 0 Å². The van der Waals surface area contributed by atoms with E-state index in [0.717, 1.165) is 12.1 Å². The third-order valence-corrected chi connectivity index (χ3v) is 2.78. The molecule has 0 saturated heterocycles. The van der Waals surface area contributed by atoms with Crippen LogP contribution in [-0.2, 0) is 6.18 Å². The van der Waals surface area contributed by atoms with Gasteiger partial charge < -0.3 is 5.32 Å². The SMILES string of the molecule is O=Cc1ccc(C(=O)Nc2ccc(C(F)(F)F)cc2)cc1. The van der Waals surface area contributed by atoms with Gasteiger partial charge in [0.1, 0.15) is 6.29 Å². The van der Waals surface area contributed by atoms with E-state index >= 15 is 0 Å². The fourth-order valence-corrected chi connectivity index (χ4v) is 1.66. The van der Waals surface area contributed by atoms with Crippen molar-refractivity contribution in [2.24, 2.45) is 0 Å². The van der Waals surface area contributed by atoms with E-state index in [9.17, 15) is 22.8 Å². The molecule has 21 heavy (non-hydrogen) atoms. The van der Waals surface area contributed by atoms with Crippen LogP contribution in [0.2, 0.25) is 0 Å². The van der Waals surface area contributed by atoms with E-state index in [2.05, 4.69) is 5.32 Å². The smallest absolute Gasteiger partial charge is 0.322 e. The summed E-state index contributed by atoms with van der Waals surface area (Å²) in [6.45, 7) is 0. The minimum absolute atomic E-state index is 0.257. The second-order valence-electron chi connectivity index (χ2n) is 4.27. The van der Waals surface area contributed by atoms with Crippen molar-refractivity contribution < 1.29 is 22.8 Å². The Morgan fingerprint density at radius 1 is 0.952 bits per heavy atom. The summed E-state index contributed by atoms with van der Waals surface area (Å²) >= 11 is 0. The van der Waals surface area contributed by atoms with Crippen LogP contribution >= 0.6 is 0 Å². The molecule has 1 N–H and O–H groups in total. The van der Waals surface area contributed by atoms with Crippen LogP contribution < -0.4 is 5.32 Å². The lowest BCUT2D eigenvalue weighted by Gasteiger charge is -2.09. The molecule has 0 aromatic heterocycles. The van der Waals surface area contributed by atoms with E-state index in [1.807, 2.05) is 0 Å². The first-order valence-electron chi connectivity index (χ1n) is 5.94. The van der Waals surface area contributed by atoms with Gasteiger partial charge in [0.2, 0.25) is 0 Å². The van der Waals surface area contributed by atoms with Gasteiger partial charge in [-0.3, -0.25) is 9.59 Å². The van der Waals surface area contributed by atoms with Crippen LogP contribution in [0, 0.1) is 0 Å². The number of carbonyl (C=O) groups excluding carboxylic acids is 2. The highest BCUT2D eigenvalue weighted by atomic mass is 19.4. The van der Waals surface area contributed by atoms with Crippen LogP contribution in [0.3, 0.4) is 0 Å². The minimum Gasteiger partial charge on any atom is -0.322 e. The number of hydrogen-bond acceptors (Lipinski definition) is 2. The largest absolute Gasteiger partial charge is 0.416 e. The maximum absolute atomic E-state index is 12.4. The van der Waals surface area contributed by atoms with Gasteiger partial charge in [-0.25, -0.2) is 0 Å². The first kappa shape index (κ1) is 14.8. The Bertz CT molecular complexity index is 646. The topological polar surface area (TPSA) is 46.2 Å². The molecule has 0 saturated carbocycles. The lowest BCUT2D eigenvalue weighted by molar-refractivity contribution is -0.137. The average Bonchev–Trinajstić information content (AvgIpc) is 2.47. The zero-order valence-electron chi connectivity index (χ0n) is 10.6. The molecule has 0 bridgehead atoms. The van der Waals surface area contributed by atoms with Crippen molar-refractivity contribution in [2.45, 2.75) is 6.18 Å². The maximum atomic E-state index is 12.4. The summed E-state index contributed by atoms with van der Waals surface area (Å²) in [4.78, 5) is 22.4. The number of rotatable bonds is 3. The first-order valence-corrected chi connectivity index (χ1v) is 5.94. The summed E-state index contributed by atoms with van der Waals surface area (Å²) in [5.41, 5.74) is 0.213. The van der Waals surface area contributed by atoms with Crippen molar-refractivity contribution in [3.8, 4) is 0 Å². The monoisotopic (exact) mass is 293 g/mol. The molecule has 6 heteroatoms. The molecule has 0 fully saturated rings. The fourth-order valence-electron chi connectivity index (χ4n) is 1.66. The lowest BCUT2D eigenvalue weighted by Crippen LogP contribution is -2.12. The quantitative estimate of drug-likeness (QED) is 0.876. The van der Waals surface area contributed by atoms with Crippen molar-refractivity contribution in [2.75, 3.05) is 5.32 Å². The molecular formula is C15H10F3NO2. The molecule has 0 aliphatic rings. The third-order valence-electron chi connectivity index (χ3n) is 2.78. The van der Waals surface area contributed by atoms with Crippen LogP contribution in [0.25, 0.3) is 0 Å². The zero-order valence-corrected chi connectivity index (χ0v) is 10.6. The number of halogens is 3. The van der Waals surface area contributed by atoms with Gasteiger partial charge in [-0.15, -0.1) is 0 Å². The molecule has 0 spiro atoms. The summed E-state index contributed by atoms with van der Waals surface area (Å²) in [7, 11) is 0. The number of anilines is 1. The number of amides is 1. The summed E-state index contributed by atoms with van der Waals surface area (Å²) < 4.78 is 37.2. The van der Waals surface area contributed by atoms with Gasteiger partial charge >= 0.3 is 6.18 Å². The Kier molecular flexibility index (Phi) is 4.07. The molecule has 2 aromatic rings. The second-order valence-corrected chi connectivity index (χ2v) is 4.27. The number of hydrogen-bond donors (Lipinski definition) is 1. The molecular weight excluding hydrogens is 283 g/mol. The standard InChI is InChI=1S/C15H10F3NO2/c16-15(17,18)12-5-7-13(8-6-12)19-14(21)11-3-1-10(9-20)2-4-11/h1-9H,(H,19,21). The fraction of sp³-hybridized carbons (Fsp3) is 0.0667. The third kappa shape index (κ3) is 3.68. The van der Waals surface area contributed by atoms with Gasteiger partial charge in [0, 0.05) is 16.8 Å². The van der Waals surface area contributed by atoms with Crippen LogP contribution in [0.4, 0.5) is 18.9 Å². The van der Waals surface area contributed by atoms with Crippen molar-refractivity contribution in [3.05, 3.63) is 65.2 Å². The highest BCUT2D eigenvalue weighted by Gasteiger charge is 2.29. The molecule has 0 heterocycles. The highest BCUT2D eigenvalue weighted by Crippen LogP contribution is 2.29. The van der Waals surface area contributed by atoms with Crippen molar-refractivity contribution >= 4 is 17.9 Å². The van der Waals surface area contributed by atoms with Gasteiger partial charge in [0.05, 0.1) is 5.56 Å². The van der Waals surface area contributed by atoms with E-state index in [4.69, 9.17) is 0 Å². The number of aldehydes is 1. The Hall–Kier alpha value is -2.63. The van der Waals surface area contributed by atoms with Crippen LogP contribution in [0.1, 0.15) is 26.3 Å². The number of alkyl halides is 3. The average molecular weight is 293 g/mol. The minimum atomic E-state index is -4.41. The van der Waals surface area contributed by atoms with Crippen LogP contribution in [0.15, 0.2) is 48.5 Å². The maximum Gasteiger partial charge on any atom is 0.416 e. The molecule has 0 atom stereocenters. The first-order chi connectivity index (χ1) is 9.90. The second kappa shape index (κ2) is 5.78. The zero-order chi connectivity index (χ0) is 15.5. The predicted molar refractivity (Wildman–Crippen MR) is 71.2 cm³/mol. The van der Waals surface area contributed by atoms with Crippen LogP contribution in [-0.4, -0.2) is 12.2 Å². The Balaban J connectivity index is 2.10. The summed E-state index contributed by atoms with van der Waals surface area (Å²) in [6, 6.07) is 10.0. The molecule has 0 aliphatic heterocycles. The van der Waals surface area contributed by atoms with Gasteiger partial charge in [-0.2, -0.15) is 13.2 Å². The Morgan fingerprint density at radius 2 is 1.52 bits per heavy atom. The normalized spacial score (nSPS) is 11.0. The highest BCUT2D eigenvalue weighted by molar-refractivity contribution is 6.04. The molecule has 0 unspecified atom stereocenters. The van der Waals surface area contributed by atoms with E-state index in [-0.39, 0.29) is 5.69 Å². The van der Waals surface area contributed by atoms with Gasteiger partial charge in [-0.1, -0.05) is 12.1 Å². The van der Waals surface area contributed by atoms with Gasteiger partial charge in [-0.05, 0) is 36.4 Å². The molecule has 0 aliphatic carbocycles. The molecule has 0 radical (unpaired) electrons. The van der Waals surface area contributed by atoms with E-state index in [0.29, 0.717) is 17.4 Å². The molecule has 108 valence electrons. The molecule has 2 aromatic carbocycles. The molecule has 3 nitrogen and oxygen atoms in total. The molecule has 1 amide bonds. The van der Waals surface area contributed by atoms with Gasteiger partial charge in [0.25, 0.3) is 5.91 Å². The van der Waals surface area contributed by atoms with E-state index in [1.54, 1.807) is 0 Å². The van der Waals surface area contributed by atoms with Crippen molar-refractivity contribution in [3.63, 3.8) is 0 Å². The van der Waals surface area contributed by atoms with Gasteiger partial charge in [0.15, 0.2) is 0 Å². The number of nitrogens with one attached hydrogen (secondary N) is 1. The molecule has 2 rings (SSSR count). The summed E-state index contributed by atoms with van der Waals surface area (Å²) in [5.74, 6) is -0.466. The Labute approximate surface area is 118 Å². The number of carbonyl (C=O) groups is 2. The summed E-state index contributed by atoms with van der Waals surface area (Å²) in [6.07, 6.45) is -3.76. The number of benzene rings is 2. The van der Waals surface area contributed by atoms with E-state index < -0.39 is 17.6 Å². The Morgan fingerprint density at radius 3 is 2.00 bits per heavy atom.